The van der Waals surface area contributed by atoms with Crippen LogP contribution in [0, 0.1) is 0 Å². The van der Waals surface area contributed by atoms with Crippen molar-refractivity contribution in [2.75, 3.05) is 62.9 Å². The lowest BCUT2D eigenvalue weighted by atomic mass is 10.3. The molecule has 3 heterocycles. The molecule has 0 spiro atoms. The Hall–Kier alpha value is -2.26. The standard InChI is InChI=1S/C14H21N5O4/c15-17-12-9-11(22-7-3-19-4-8-23-14(19)20)10-13(16-12)18-1-5-21-6-2-18/h9-10H,1-8,15H2,(H,16,17). The second-order valence-electron chi connectivity index (χ2n) is 5.24. The molecule has 0 bridgehead atoms. The van der Waals surface area contributed by atoms with E-state index in [1.807, 2.05) is 6.07 Å². The Bertz CT molecular complexity index is 550. The highest BCUT2D eigenvalue weighted by molar-refractivity contribution is 5.69. The van der Waals surface area contributed by atoms with Crippen molar-refractivity contribution in [1.82, 2.24) is 9.88 Å². The predicted molar refractivity (Wildman–Crippen MR) is 83.5 cm³/mol. The van der Waals surface area contributed by atoms with Crippen LogP contribution in [0.1, 0.15) is 0 Å². The van der Waals surface area contributed by atoms with E-state index in [4.69, 9.17) is 20.1 Å². The second-order valence-corrected chi connectivity index (χ2v) is 5.24. The van der Waals surface area contributed by atoms with Crippen molar-refractivity contribution in [1.29, 1.82) is 0 Å². The van der Waals surface area contributed by atoms with Crippen molar-refractivity contribution in [2.45, 2.75) is 0 Å². The van der Waals surface area contributed by atoms with E-state index in [1.54, 1.807) is 11.0 Å². The van der Waals surface area contributed by atoms with Crippen LogP contribution in [0.3, 0.4) is 0 Å². The van der Waals surface area contributed by atoms with E-state index in [0.717, 1.165) is 18.9 Å². The highest BCUT2D eigenvalue weighted by Gasteiger charge is 2.21. The number of nitrogens with zero attached hydrogens (tertiary/aromatic N) is 3. The summed E-state index contributed by atoms with van der Waals surface area (Å²) in [6.07, 6.45) is -0.290. The quantitative estimate of drug-likeness (QED) is 0.559. The first kappa shape index (κ1) is 15.6. The number of amides is 1. The molecule has 2 aliphatic heterocycles. The summed E-state index contributed by atoms with van der Waals surface area (Å²) >= 11 is 0. The van der Waals surface area contributed by atoms with Crippen molar-refractivity contribution < 1.29 is 19.0 Å². The highest BCUT2D eigenvalue weighted by Crippen LogP contribution is 2.24. The predicted octanol–water partition coefficient (Wildman–Crippen LogP) is 0.0348. The SMILES string of the molecule is NNc1cc(OCCN2CCOC2=O)cc(N2CCOCC2)n1. The van der Waals surface area contributed by atoms with Gasteiger partial charge in [-0.3, -0.25) is 0 Å². The first-order valence-electron chi connectivity index (χ1n) is 7.62. The number of morpholine rings is 1. The monoisotopic (exact) mass is 323 g/mol. The largest absolute Gasteiger partial charge is 0.491 e. The Balaban J connectivity index is 1.62. The van der Waals surface area contributed by atoms with Crippen LogP contribution in [-0.4, -0.2) is 68.6 Å². The third-order valence-corrected chi connectivity index (χ3v) is 3.74. The smallest absolute Gasteiger partial charge is 0.410 e. The zero-order chi connectivity index (χ0) is 16.1. The number of carbonyl (C=O) groups excluding carboxylic acids is 1. The number of hydrazine groups is 1. The fourth-order valence-electron chi connectivity index (χ4n) is 2.51. The average molecular weight is 323 g/mol. The van der Waals surface area contributed by atoms with Crippen LogP contribution in [0.2, 0.25) is 0 Å². The molecule has 1 aromatic rings. The van der Waals surface area contributed by atoms with Gasteiger partial charge in [0.2, 0.25) is 0 Å². The normalized spacial score (nSPS) is 18.0. The summed E-state index contributed by atoms with van der Waals surface area (Å²) in [7, 11) is 0. The number of rotatable bonds is 6. The summed E-state index contributed by atoms with van der Waals surface area (Å²) in [5, 5.41) is 0. The molecule has 0 atom stereocenters. The molecule has 0 aromatic carbocycles. The van der Waals surface area contributed by atoms with Gasteiger partial charge in [0.15, 0.2) is 0 Å². The number of nitrogens with one attached hydrogen (secondary N) is 1. The van der Waals surface area contributed by atoms with Gasteiger partial charge in [-0.15, -0.1) is 0 Å². The Morgan fingerprint density at radius 3 is 2.78 bits per heavy atom. The van der Waals surface area contributed by atoms with Crippen molar-refractivity contribution >= 4 is 17.7 Å². The van der Waals surface area contributed by atoms with Gasteiger partial charge in [-0.1, -0.05) is 0 Å². The van der Waals surface area contributed by atoms with E-state index in [-0.39, 0.29) is 6.09 Å². The number of hydrogen-bond donors (Lipinski definition) is 2. The number of ether oxygens (including phenoxy) is 3. The molecule has 1 aromatic heterocycles. The second kappa shape index (κ2) is 7.34. The van der Waals surface area contributed by atoms with E-state index < -0.39 is 0 Å². The van der Waals surface area contributed by atoms with Crippen LogP contribution in [0.5, 0.6) is 5.75 Å². The van der Waals surface area contributed by atoms with Gasteiger partial charge in [0.25, 0.3) is 0 Å². The zero-order valence-electron chi connectivity index (χ0n) is 12.9. The summed E-state index contributed by atoms with van der Waals surface area (Å²) in [6, 6.07) is 3.60. The fourth-order valence-corrected chi connectivity index (χ4v) is 2.51. The number of pyridine rings is 1. The van der Waals surface area contributed by atoms with Crippen LogP contribution in [0.15, 0.2) is 12.1 Å². The molecule has 9 nitrogen and oxygen atoms in total. The average Bonchev–Trinajstić information content (AvgIpc) is 3.00. The lowest BCUT2D eigenvalue weighted by Crippen LogP contribution is -2.36. The first-order chi connectivity index (χ1) is 11.3. The molecule has 126 valence electrons. The maximum Gasteiger partial charge on any atom is 0.410 e. The van der Waals surface area contributed by atoms with Crippen LogP contribution >= 0.6 is 0 Å². The summed E-state index contributed by atoms with van der Waals surface area (Å²) in [4.78, 5) is 19.6. The number of nitrogen functional groups attached to an aromatic ring is 1. The maximum absolute atomic E-state index is 11.4. The van der Waals surface area contributed by atoms with E-state index in [9.17, 15) is 4.79 Å². The number of hydrogen-bond acceptors (Lipinski definition) is 8. The number of cyclic esters (lactones) is 1. The highest BCUT2D eigenvalue weighted by atomic mass is 16.6. The van der Waals surface area contributed by atoms with Gasteiger partial charge in [0.05, 0.1) is 26.3 Å². The Morgan fingerprint density at radius 2 is 2.09 bits per heavy atom. The molecule has 0 radical (unpaired) electrons. The Kier molecular flexibility index (Phi) is 4.99. The maximum atomic E-state index is 11.4. The molecule has 0 unspecified atom stereocenters. The molecule has 23 heavy (non-hydrogen) atoms. The minimum absolute atomic E-state index is 0.290. The summed E-state index contributed by atoms with van der Waals surface area (Å²) < 4.78 is 16.0. The lowest BCUT2D eigenvalue weighted by molar-refractivity contribution is 0.122. The van der Waals surface area contributed by atoms with Crippen molar-refractivity contribution in [2.24, 2.45) is 5.84 Å². The van der Waals surface area contributed by atoms with Gasteiger partial charge in [0.1, 0.15) is 30.6 Å². The minimum Gasteiger partial charge on any atom is -0.491 e. The van der Waals surface area contributed by atoms with Crippen molar-refractivity contribution in [3.05, 3.63) is 12.1 Å². The van der Waals surface area contributed by atoms with Gasteiger partial charge in [-0.25, -0.2) is 15.6 Å². The van der Waals surface area contributed by atoms with Gasteiger partial charge in [-0.05, 0) is 0 Å². The molecule has 0 saturated carbocycles. The Labute approximate surface area is 134 Å². The van der Waals surface area contributed by atoms with Gasteiger partial charge in [0, 0.05) is 25.2 Å². The summed E-state index contributed by atoms with van der Waals surface area (Å²) in [5.74, 6) is 7.46. The molecule has 2 fully saturated rings. The lowest BCUT2D eigenvalue weighted by Gasteiger charge is -2.28. The molecule has 9 heteroatoms. The van der Waals surface area contributed by atoms with Gasteiger partial charge < -0.3 is 29.4 Å². The molecule has 3 rings (SSSR count). The van der Waals surface area contributed by atoms with E-state index in [2.05, 4.69) is 15.3 Å². The van der Waals surface area contributed by atoms with Crippen molar-refractivity contribution in [3.63, 3.8) is 0 Å². The molecule has 2 saturated heterocycles. The number of anilines is 2. The molecule has 1 amide bonds. The minimum atomic E-state index is -0.290. The van der Waals surface area contributed by atoms with Crippen molar-refractivity contribution in [3.8, 4) is 5.75 Å². The van der Waals surface area contributed by atoms with E-state index in [0.29, 0.717) is 51.1 Å². The van der Waals surface area contributed by atoms with Crippen LogP contribution in [0.25, 0.3) is 0 Å². The summed E-state index contributed by atoms with van der Waals surface area (Å²) in [5.41, 5.74) is 2.55. The molecular weight excluding hydrogens is 302 g/mol. The number of carbonyl (C=O) groups is 1. The van der Waals surface area contributed by atoms with E-state index >= 15 is 0 Å². The Morgan fingerprint density at radius 1 is 1.26 bits per heavy atom. The molecule has 0 aliphatic carbocycles. The number of nitrogens with two attached hydrogens (primary N) is 1. The van der Waals surface area contributed by atoms with Crippen LogP contribution < -0.4 is 20.9 Å². The third-order valence-electron chi connectivity index (χ3n) is 3.74. The van der Waals surface area contributed by atoms with Gasteiger partial charge in [-0.2, -0.15) is 0 Å². The van der Waals surface area contributed by atoms with Gasteiger partial charge >= 0.3 is 6.09 Å². The topological polar surface area (TPSA) is 102 Å². The molecule has 2 aliphatic rings. The van der Waals surface area contributed by atoms with E-state index in [1.165, 1.54) is 0 Å². The van der Waals surface area contributed by atoms with Crippen LogP contribution in [-0.2, 0) is 9.47 Å². The fraction of sp³-hybridized carbons (Fsp3) is 0.571. The summed E-state index contributed by atoms with van der Waals surface area (Å²) in [6.45, 7) is 4.82. The number of aromatic nitrogens is 1. The first-order valence-corrected chi connectivity index (χ1v) is 7.62. The van der Waals surface area contributed by atoms with Crippen LogP contribution in [0.4, 0.5) is 16.4 Å². The third kappa shape index (κ3) is 3.93. The zero-order valence-corrected chi connectivity index (χ0v) is 12.9. The molecular formula is C14H21N5O4. The molecule has 3 N–H and O–H groups in total.